The normalized spacial score (nSPS) is 12.3. The zero-order valence-electron chi connectivity index (χ0n) is 22.0. The van der Waals surface area contributed by atoms with Crippen molar-refractivity contribution in [1.29, 1.82) is 0 Å². The number of rotatable bonds is 4. The third-order valence-electron chi connectivity index (χ3n) is 7.47. The molecule has 2 aliphatic carbocycles. The fourth-order valence-corrected chi connectivity index (χ4v) is 6.04. The van der Waals surface area contributed by atoms with Gasteiger partial charge < -0.3 is 24.8 Å². The zero-order valence-corrected chi connectivity index (χ0v) is 26.8. The van der Waals surface area contributed by atoms with Gasteiger partial charge in [0.05, 0.1) is 0 Å². The van der Waals surface area contributed by atoms with Crippen molar-refractivity contribution in [2.75, 3.05) is 0 Å². The summed E-state index contributed by atoms with van der Waals surface area (Å²) in [6.07, 6.45) is 9.13. The molecule has 197 valence electrons. The number of halogens is 3. The van der Waals surface area contributed by atoms with Gasteiger partial charge in [-0.2, -0.15) is 0 Å². The van der Waals surface area contributed by atoms with Crippen LogP contribution in [0.15, 0.2) is 133 Å². The van der Waals surface area contributed by atoms with Gasteiger partial charge in [0, 0.05) is 5.02 Å². The average molecular weight is 666 g/mol. The van der Waals surface area contributed by atoms with E-state index >= 15 is 0 Å². The maximum Gasteiger partial charge on any atom is 3.00 e. The molecule has 0 amide bonds. The van der Waals surface area contributed by atoms with Gasteiger partial charge in [-0.1, -0.05) is 144 Å². The molecule has 0 saturated heterocycles. The van der Waals surface area contributed by atoms with E-state index in [1.165, 1.54) is 49.1 Å². The maximum absolute atomic E-state index is 6.75. The smallest absolute Gasteiger partial charge is 1.00 e. The summed E-state index contributed by atoms with van der Waals surface area (Å²) >= 11 is 6.75. The van der Waals surface area contributed by atoms with Crippen molar-refractivity contribution in [1.82, 2.24) is 0 Å². The third kappa shape index (κ3) is 5.62. The van der Waals surface area contributed by atoms with Crippen molar-refractivity contribution in [3.63, 3.8) is 0 Å². The fraction of sp³-hybridized carbons (Fsp3) is 0.0270. The molecule has 0 spiro atoms. The first-order valence-corrected chi connectivity index (χ1v) is 13.3. The minimum absolute atomic E-state index is 0. The van der Waals surface area contributed by atoms with Gasteiger partial charge in [0.1, 0.15) is 0 Å². The van der Waals surface area contributed by atoms with E-state index in [9.17, 15) is 0 Å². The molecule has 1 radical (unpaired) electrons. The molecule has 7 rings (SSSR count). The Bertz CT molecular complexity index is 1950. The van der Waals surface area contributed by atoms with Crippen molar-refractivity contribution < 1.29 is 51.0 Å². The van der Waals surface area contributed by atoms with Crippen molar-refractivity contribution in [3.8, 4) is 0 Å². The Morgan fingerprint density at radius 2 is 1.24 bits per heavy atom. The molecule has 2 aliphatic rings. The number of benzene rings is 5. The summed E-state index contributed by atoms with van der Waals surface area (Å²) in [4.78, 5) is 0. The Kier molecular flexibility index (Phi) is 10.1. The molecule has 0 aliphatic heterocycles. The van der Waals surface area contributed by atoms with Crippen LogP contribution in [0.25, 0.3) is 22.8 Å². The molecule has 0 aromatic heterocycles. The van der Waals surface area contributed by atoms with Gasteiger partial charge in [0.15, 0.2) is 0 Å². The first kappa shape index (κ1) is 31.0. The van der Waals surface area contributed by atoms with Gasteiger partial charge in [-0.05, 0) is 45.5 Å². The van der Waals surface area contributed by atoms with E-state index in [0.717, 1.165) is 27.8 Å². The maximum atomic E-state index is 6.75. The van der Waals surface area contributed by atoms with Crippen molar-refractivity contribution in [2.24, 2.45) is 0 Å². The largest absolute Gasteiger partial charge is 3.00 e. The van der Waals surface area contributed by atoms with Crippen LogP contribution in [-0.4, -0.2) is 0 Å². The van der Waals surface area contributed by atoms with Crippen LogP contribution in [0, 0.1) is 10.4 Å². The Morgan fingerprint density at radius 1 is 0.634 bits per heavy atom. The molecule has 0 N–H and O–H groups in total. The number of hydrogen-bond donors (Lipinski definition) is 0. The summed E-state index contributed by atoms with van der Waals surface area (Å²) < 4.78 is 0. The van der Waals surface area contributed by atoms with Gasteiger partial charge in [0.25, 0.3) is 0 Å². The van der Waals surface area contributed by atoms with Crippen molar-refractivity contribution >= 4 is 34.4 Å². The van der Waals surface area contributed by atoms with Crippen LogP contribution in [0.1, 0.15) is 34.2 Å². The predicted molar refractivity (Wildman–Crippen MR) is 159 cm³/mol. The summed E-state index contributed by atoms with van der Waals surface area (Å²) in [5.74, 6) is 0. The van der Waals surface area contributed by atoms with E-state index in [-0.39, 0.29) is 51.0 Å². The van der Waals surface area contributed by atoms with E-state index in [4.69, 9.17) is 11.6 Å². The summed E-state index contributed by atoms with van der Waals surface area (Å²) in [6, 6.07) is 42.7. The Balaban J connectivity index is 0.00000129. The fourth-order valence-electron chi connectivity index (χ4n) is 5.80. The minimum atomic E-state index is 0. The molecule has 0 unspecified atom stereocenters. The SMILES string of the molecule is Clc1ccccc1C1=C(c2c3c(ccc2=C(c2ccccc2)c2ccccc2)=c2ccccc2=[C-]3)CC=C1.[Cl-].[Cl-].[Zr+3]. The van der Waals surface area contributed by atoms with E-state index < -0.39 is 0 Å². The molecule has 0 nitrogen and oxygen atoms in total. The molecule has 5 aromatic carbocycles. The zero-order chi connectivity index (χ0) is 25.5. The van der Waals surface area contributed by atoms with Crippen LogP contribution in [0.4, 0.5) is 0 Å². The topological polar surface area (TPSA) is 0 Å². The predicted octanol–water partition coefficient (Wildman–Crippen LogP) is 1.77. The number of fused-ring (bicyclic) bond motifs is 2. The molecule has 0 atom stereocenters. The number of allylic oxidation sites excluding steroid dienone is 4. The monoisotopic (exact) mass is 663 g/mol. The third-order valence-corrected chi connectivity index (χ3v) is 7.80. The van der Waals surface area contributed by atoms with Crippen molar-refractivity contribution in [3.05, 3.63) is 187 Å². The minimum Gasteiger partial charge on any atom is -1.00 e. The van der Waals surface area contributed by atoms with Gasteiger partial charge in [-0.15, -0.1) is 33.4 Å². The van der Waals surface area contributed by atoms with E-state index in [0.29, 0.717) is 0 Å². The molecule has 4 heteroatoms. The number of hydrogen-bond acceptors (Lipinski definition) is 0. The Labute approximate surface area is 277 Å². The van der Waals surface area contributed by atoms with Gasteiger partial charge in [0.2, 0.25) is 0 Å². The van der Waals surface area contributed by atoms with Crippen molar-refractivity contribution in [2.45, 2.75) is 6.42 Å². The van der Waals surface area contributed by atoms with Gasteiger partial charge in [-0.3, -0.25) is 0 Å². The summed E-state index contributed by atoms with van der Waals surface area (Å²) in [5, 5.41) is 5.60. The standard InChI is InChI=1S/C37H24Cl.2ClH.Zr/c38-35-21-10-9-18-31(35)29-19-11-20-32(29)37-33(23-22-30-28-17-8-7-16-27(28)24-34(30)37)36(25-12-3-1-4-13-25)26-14-5-2-6-15-26;;;/h1-19,21-23H,20H2;2*1H;/q-1;;;+3/p-2. The second-order valence-corrected chi connectivity index (χ2v) is 10.1. The first-order chi connectivity index (χ1) is 18.8. The molecule has 41 heavy (non-hydrogen) atoms. The second kappa shape index (κ2) is 13.4. The van der Waals surface area contributed by atoms with E-state index in [1.807, 2.05) is 12.1 Å². The molecular formula is C37H24Cl3Zr. The van der Waals surface area contributed by atoms with Crippen LogP contribution in [0.2, 0.25) is 5.02 Å². The second-order valence-electron chi connectivity index (χ2n) is 9.67. The van der Waals surface area contributed by atoms with E-state index in [2.05, 4.69) is 127 Å². The van der Waals surface area contributed by atoms with Crippen LogP contribution in [-0.2, 0) is 26.2 Å². The summed E-state index contributed by atoms with van der Waals surface area (Å²) in [6.45, 7) is 0. The molecule has 5 aromatic rings. The molecular weight excluding hydrogens is 642 g/mol. The van der Waals surface area contributed by atoms with Crippen LogP contribution in [0.3, 0.4) is 0 Å². The average Bonchev–Trinajstić information content (AvgIpc) is 3.59. The first-order valence-electron chi connectivity index (χ1n) is 13.0. The summed E-state index contributed by atoms with van der Waals surface area (Å²) in [7, 11) is 0. The van der Waals surface area contributed by atoms with Gasteiger partial charge >= 0.3 is 26.2 Å². The summed E-state index contributed by atoms with van der Waals surface area (Å²) in [5.41, 5.74) is 9.55. The Morgan fingerprint density at radius 3 is 1.93 bits per heavy atom. The van der Waals surface area contributed by atoms with Crippen LogP contribution in [0.5, 0.6) is 0 Å². The molecule has 0 saturated carbocycles. The Hall–Kier alpha value is -2.93. The van der Waals surface area contributed by atoms with Gasteiger partial charge in [-0.25, -0.2) is 0 Å². The quantitative estimate of drug-likeness (QED) is 0.252. The molecule has 0 fully saturated rings. The molecule has 0 bridgehead atoms. The molecule has 0 heterocycles. The van der Waals surface area contributed by atoms with E-state index in [1.54, 1.807) is 0 Å². The van der Waals surface area contributed by atoms with Crippen LogP contribution >= 0.6 is 11.6 Å². The van der Waals surface area contributed by atoms with Crippen LogP contribution < -0.4 is 35.3 Å².